The molecule has 3 heteroatoms. The normalized spacial score (nSPS) is 11.8. The standard InChI is InChI=1S/C13H20FNO/c1-13(2,8-10-16)15-9-7-11-5-3-4-6-12(11)14/h3-6,15-16H,7-10H2,1-2H3. The molecule has 0 unspecified atom stereocenters. The lowest BCUT2D eigenvalue weighted by Gasteiger charge is -2.25. The van der Waals surface area contributed by atoms with E-state index in [-0.39, 0.29) is 18.0 Å². The first kappa shape index (κ1) is 13.1. The maximum atomic E-state index is 13.3. The zero-order valence-electron chi connectivity index (χ0n) is 9.96. The fourth-order valence-electron chi connectivity index (χ4n) is 1.60. The van der Waals surface area contributed by atoms with Crippen molar-refractivity contribution in [2.45, 2.75) is 32.2 Å². The van der Waals surface area contributed by atoms with Crippen LogP contribution in [0.1, 0.15) is 25.8 Å². The molecule has 0 bridgehead atoms. The molecule has 2 N–H and O–H groups in total. The minimum atomic E-state index is -0.149. The van der Waals surface area contributed by atoms with E-state index in [1.807, 2.05) is 19.9 Å². The zero-order chi connectivity index (χ0) is 12.0. The number of halogens is 1. The lowest BCUT2D eigenvalue weighted by Crippen LogP contribution is -2.41. The van der Waals surface area contributed by atoms with Crippen molar-refractivity contribution in [3.63, 3.8) is 0 Å². The van der Waals surface area contributed by atoms with Crippen molar-refractivity contribution in [3.05, 3.63) is 35.6 Å². The van der Waals surface area contributed by atoms with E-state index in [1.165, 1.54) is 6.07 Å². The number of nitrogens with one attached hydrogen (secondary N) is 1. The molecule has 0 atom stereocenters. The molecule has 0 heterocycles. The topological polar surface area (TPSA) is 32.3 Å². The van der Waals surface area contributed by atoms with Gasteiger partial charge in [-0.2, -0.15) is 0 Å². The Morgan fingerprint density at radius 1 is 1.31 bits per heavy atom. The summed E-state index contributed by atoms with van der Waals surface area (Å²) in [6.45, 7) is 4.95. The monoisotopic (exact) mass is 225 g/mol. The largest absolute Gasteiger partial charge is 0.396 e. The first-order chi connectivity index (χ1) is 7.55. The Hall–Kier alpha value is -0.930. The highest BCUT2D eigenvalue weighted by atomic mass is 19.1. The van der Waals surface area contributed by atoms with E-state index in [9.17, 15) is 4.39 Å². The molecular formula is C13H20FNO. The van der Waals surface area contributed by atoms with Crippen LogP contribution < -0.4 is 5.32 Å². The van der Waals surface area contributed by atoms with E-state index in [0.29, 0.717) is 19.4 Å². The van der Waals surface area contributed by atoms with Gasteiger partial charge in [0.1, 0.15) is 5.82 Å². The molecule has 1 aromatic rings. The third-order valence-electron chi connectivity index (χ3n) is 2.69. The number of hydrogen-bond donors (Lipinski definition) is 2. The Balaban J connectivity index is 2.39. The molecule has 0 aliphatic heterocycles. The summed E-state index contributed by atoms with van der Waals surface area (Å²) in [7, 11) is 0. The third-order valence-corrected chi connectivity index (χ3v) is 2.69. The van der Waals surface area contributed by atoms with Crippen LogP contribution in [-0.2, 0) is 6.42 Å². The summed E-state index contributed by atoms with van der Waals surface area (Å²) in [4.78, 5) is 0. The number of aliphatic hydroxyl groups is 1. The molecule has 1 aromatic carbocycles. The van der Waals surface area contributed by atoms with Gasteiger partial charge >= 0.3 is 0 Å². The highest BCUT2D eigenvalue weighted by molar-refractivity contribution is 5.17. The smallest absolute Gasteiger partial charge is 0.126 e. The van der Waals surface area contributed by atoms with Crippen molar-refractivity contribution in [3.8, 4) is 0 Å². The van der Waals surface area contributed by atoms with Crippen LogP contribution in [-0.4, -0.2) is 23.8 Å². The summed E-state index contributed by atoms with van der Waals surface area (Å²) >= 11 is 0. The Labute approximate surface area is 96.5 Å². The lowest BCUT2D eigenvalue weighted by molar-refractivity contribution is 0.231. The minimum absolute atomic E-state index is 0.0972. The van der Waals surface area contributed by atoms with Gasteiger partial charge in [-0.25, -0.2) is 4.39 Å². The molecule has 90 valence electrons. The van der Waals surface area contributed by atoms with E-state index in [4.69, 9.17) is 5.11 Å². The Morgan fingerprint density at radius 2 is 2.00 bits per heavy atom. The van der Waals surface area contributed by atoms with Gasteiger partial charge in [-0.05, 0) is 44.9 Å². The van der Waals surface area contributed by atoms with Gasteiger partial charge in [-0.1, -0.05) is 18.2 Å². The second kappa shape index (κ2) is 5.97. The first-order valence-electron chi connectivity index (χ1n) is 5.64. The molecule has 0 spiro atoms. The minimum Gasteiger partial charge on any atom is -0.396 e. The number of hydrogen-bond acceptors (Lipinski definition) is 2. The third kappa shape index (κ3) is 4.29. The molecule has 0 aliphatic rings. The van der Waals surface area contributed by atoms with Crippen LogP contribution in [0, 0.1) is 5.82 Å². The highest BCUT2D eigenvalue weighted by Crippen LogP contribution is 2.09. The number of aliphatic hydroxyl groups excluding tert-OH is 1. The second-order valence-electron chi connectivity index (χ2n) is 4.63. The summed E-state index contributed by atoms with van der Waals surface area (Å²) < 4.78 is 13.3. The van der Waals surface area contributed by atoms with Crippen LogP contribution in [0.15, 0.2) is 24.3 Å². The van der Waals surface area contributed by atoms with Gasteiger partial charge in [-0.15, -0.1) is 0 Å². The Morgan fingerprint density at radius 3 is 2.62 bits per heavy atom. The maximum Gasteiger partial charge on any atom is 0.126 e. The van der Waals surface area contributed by atoms with Crippen molar-refractivity contribution < 1.29 is 9.50 Å². The van der Waals surface area contributed by atoms with E-state index in [1.54, 1.807) is 12.1 Å². The van der Waals surface area contributed by atoms with Gasteiger partial charge in [0.15, 0.2) is 0 Å². The fourth-order valence-corrected chi connectivity index (χ4v) is 1.60. The van der Waals surface area contributed by atoms with Crippen molar-refractivity contribution >= 4 is 0 Å². The molecule has 0 fully saturated rings. The van der Waals surface area contributed by atoms with Gasteiger partial charge in [0.05, 0.1) is 0 Å². The molecule has 1 rings (SSSR count). The van der Waals surface area contributed by atoms with Gasteiger partial charge in [0.2, 0.25) is 0 Å². The van der Waals surface area contributed by atoms with E-state index in [0.717, 1.165) is 5.56 Å². The summed E-state index contributed by atoms with van der Waals surface area (Å²) in [5.74, 6) is -0.149. The van der Waals surface area contributed by atoms with Crippen LogP contribution in [0.2, 0.25) is 0 Å². The molecule has 0 saturated carbocycles. The summed E-state index contributed by atoms with van der Waals surface area (Å²) in [5, 5.41) is 12.2. The molecule has 0 radical (unpaired) electrons. The maximum absolute atomic E-state index is 13.3. The molecule has 0 aromatic heterocycles. The molecule has 0 aliphatic carbocycles. The van der Waals surface area contributed by atoms with E-state index < -0.39 is 0 Å². The van der Waals surface area contributed by atoms with Crippen LogP contribution >= 0.6 is 0 Å². The molecule has 16 heavy (non-hydrogen) atoms. The molecule has 2 nitrogen and oxygen atoms in total. The number of benzene rings is 1. The first-order valence-corrected chi connectivity index (χ1v) is 5.64. The van der Waals surface area contributed by atoms with Crippen LogP contribution in [0.3, 0.4) is 0 Å². The molecular weight excluding hydrogens is 205 g/mol. The fraction of sp³-hybridized carbons (Fsp3) is 0.538. The van der Waals surface area contributed by atoms with Gasteiger partial charge in [0, 0.05) is 12.1 Å². The zero-order valence-corrected chi connectivity index (χ0v) is 9.96. The lowest BCUT2D eigenvalue weighted by atomic mass is 10.0. The summed E-state index contributed by atoms with van der Waals surface area (Å²) in [6, 6.07) is 6.82. The van der Waals surface area contributed by atoms with Gasteiger partial charge in [-0.3, -0.25) is 0 Å². The van der Waals surface area contributed by atoms with Crippen LogP contribution in [0.25, 0.3) is 0 Å². The Kier molecular flexibility index (Phi) is 4.90. The summed E-state index contributed by atoms with van der Waals surface area (Å²) in [5.41, 5.74) is 0.634. The average molecular weight is 225 g/mol. The highest BCUT2D eigenvalue weighted by Gasteiger charge is 2.15. The van der Waals surface area contributed by atoms with Gasteiger partial charge in [0.25, 0.3) is 0 Å². The quantitative estimate of drug-likeness (QED) is 0.777. The van der Waals surface area contributed by atoms with Crippen LogP contribution in [0.5, 0.6) is 0 Å². The average Bonchev–Trinajstić information content (AvgIpc) is 2.20. The van der Waals surface area contributed by atoms with Gasteiger partial charge < -0.3 is 10.4 Å². The predicted octanol–water partition coefficient (Wildman–Crippen LogP) is 2.12. The van der Waals surface area contributed by atoms with E-state index >= 15 is 0 Å². The van der Waals surface area contributed by atoms with Crippen LogP contribution in [0.4, 0.5) is 4.39 Å². The number of rotatable bonds is 6. The molecule has 0 saturated heterocycles. The summed E-state index contributed by atoms with van der Waals surface area (Å²) in [6.07, 6.45) is 1.37. The second-order valence-corrected chi connectivity index (χ2v) is 4.63. The van der Waals surface area contributed by atoms with Crippen molar-refractivity contribution in [1.29, 1.82) is 0 Å². The predicted molar refractivity (Wildman–Crippen MR) is 63.9 cm³/mol. The SMILES string of the molecule is CC(C)(CCO)NCCc1ccccc1F. The van der Waals surface area contributed by atoms with Crippen molar-refractivity contribution in [2.24, 2.45) is 0 Å². The Bertz CT molecular complexity index is 325. The van der Waals surface area contributed by atoms with Crippen molar-refractivity contribution in [1.82, 2.24) is 5.32 Å². The van der Waals surface area contributed by atoms with E-state index in [2.05, 4.69) is 5.32 Å². The molecule has 0 amide bonds. The van der Waals surface area contributed by atoms with Crippen molar-refractivity contribution in [2.75, 3.05) is 13.2 Å².